The number of unbranched alkanes of at least 4 members (excludes halogenated alkanes) is 2. The van der Waals surface area contributed by atoms with E-state index in [-0.39, 0.29) is 12.0 Å². The molecule has 1 amide bonds. The van der Waals surface area contributed by atoms with E-state index in [0.717, 1.165) is 30.7 Å². The number of amides is 1. The number of hydrogen-bond acceptors (Lipinski definition) is 5. The molecule has 0 aliphatic rings. The SMILES string of the molecule is CCCCCNC(=O)c1cnc(Nc2ccccc2OC(C)C)nc1. The van der Waals surface area contributed by atoms with E-state index >= 15 is 0 Å². The van der Waals surface area contributed by atoms with E-state index in [1.165, 1.54) is 12.4 Å². The zero-order valence-electron chi connectivity index (χ0n) is 15.1. The molecule has 0 aliphatic carbocycles. The van der Waals surface area contributed by atoms with Crippen LogP contribution in [0.5, 0.6) is 5.75 Å². The molecule has 0 aliphatic heterocycles. The van der Waals surface area contributed by atoms with E-state index in [9.17, 15) is 4.79 Å². The average molecular weight is 342 g/mol. The molecule has 2 aromatic rings. The number of aromatic nitrogens is 2. The first-order valence-corrected chi connectivity index (χ1v) is 8.73. The maximum absolute atomic E-state index is 12.0. The number of benzene rings is 1. The van der Waals surface area contributed by atoms with Gasteiger partial charge in [0.2, 0.25) is 5.95 Å². The number of anilines is 2. The van der Waals surface area contributed by atoms with E-state index in [1.54, 1.807) is 0 Å². The second-order valence-electron chi connectivity index (χ2n) is 6.05. The highest BCUT2D eigenvalue weighted by atomic mass is 16.5. The Balaban J connectivity index is 1.98. The van der Waals surface area contributed by atoms with Crippen molar-refractivity contribution in [1.29, 1.82) is 0 Å². The molecule has 6 nitrogen and oxygen atoms in total. The normalized spacial score (nSPS) is 10.6. The van der Waals surface area contributed by atoms with Crippen LogP contribution in [0.1, 0.15) is 50.4 Å². The van der Waals surface area contributed by atoms with Crippen molar-refractivity contribution in [3.63, 3.8) is 0 Å². The summed E-state index contributed by atoms with van der Waals surface area (Å²) in [5.74, 6) is 1.01. The van der Waals surface area contributed by atoms with Crippen LogP contribution in [-0.2, 0) is 0 Å². The van der Waals surface area contributed by atoms with E-state index in [4.69, 9.17) is 4.74 Å². The topological polar surface area (TPSA) is 76.1 Å². The van der Waals surface area contributed by atoms with Gasteiger partial charge >= 0.3 is 0 Å². The second-order valence-corrected chi connectivity index (χ2v) is 6.05. The molecule has 0 atom stereocenters. The summed E-state index contributed by atoms with van der Waals surface area (Å²) in [6.07, 6.45) is 6.34. The summed E-state index contributed by atoms with van der Waals surface area (Å²) in [6, 6.07) is 7.61. The van der Waals surface area contributed by atoms with E-state index < -0.39 is 0 Å². The quantitative estimate of drug-likeness (QED) is 0.675. The number of para-hydroxylation sites is 2. The van der Waals surface area contributed by atoms with Gasteiger partial charge in [-0.15, -0.1) is 0 Å². The number of ether oxygens (including phenoxy) is 1. The lowest BCUT2D eigenvalue weighted by atomic mass is 10.2. The van der Waals surface area contributed by atoms with Crippen LogP contribution in [0.2, 0.25) is 0 Å². The number of hydrogen-bond donors (Lipinski definition) is 2. The van der Waals surface area contributed by atoms with Crippen molar-refractivity contribution in [3.05, 3.63) is 42.2 Å². The fourth-order valence-electron chi connectivity index (χ4n) is 2.24. The van der Waals surface area contributed by atoms with Crippen molar-refractivity contribution in [3.8, 4) is 5.75 Å². The van der Waals surface area contributed by atoms with Gasteiger partial charge in [-0.1, -0.05) is 31.9 Å². The lowest BCUT2D eigenvalue weighted by molar-refractivity contribution is 0.0952. The van der Waals surface area contributed by atoms with Crippen molar-refractivity contribution in [2.75, 3.05) is 11.9 Å². The number of carbonyl (C=O) groups is 1. The molecule has 25 heavy (non-hydrogen) atoms. The molecule has 0 spiro atoms. The Bertz CT molecular complexity index is 671. The molecule has 1 aromatic heterocycles. The minimum absolute atomic E-state index is 0.0719. The number of nitrogens with one attached hydrogen (secondary N) is 2. The molecule has 1 aromatic carbocycles. The molecule has 0 radical (unpaired) electrons. The molecule has 134 valence electrons. The van der Waals surface area contributed by atoms with Crippen LogP contribution in [0.4, 0.5) is 11.6 Å². The molecular weight excluding hydrogens is 316 g/mol. The first kappa shape index (κ1) is 18.7. The zero-order chi connectivity index (χ0) is 18.1. The lowest BCUT2D eigenvalue weighted by Crippen LogP contribution is -2.24. The molecule has 2 N–H and O–H groups in total. The maximum atomic E-state index is 12.0. The highest BCUT2D eigenvalue weighted by Gasteiger charge is 2.09. The molecule has 0 bridgehead atoms. The Hall–Kier alpha value is -2.63. The fourth-order valence-corrected chi connectivity index (χ4v) is 2.24. The van der Waals surface area contributed by atoms with Crippen LogP contribution >= 0.6 is 0 Å². The maximum Gasteiger partial charge on any atom is 0.254 e. The molecule has 0 unspecified atom stereocenters. The zero-order valence-corrected chi connectivity index (χ0v) is 15.1. The van der Waals surface area contributed by atoms with Crippen LogP contribution < -0.4 is 15.4 Å². The van der Waals surface area contributed by atoms with E-state index in [2.05, 4.69) is 27.5 Å². The minimum atomic E-state index is -0.147. The third-order valence-corrected chi connectivity index (χ3v) is 3.48. The van der Waals surface area contributed by atoms with Gasteiger partial charge in [0.1, 0.15) is 5.75 Å². The number of rotatable bonds is 9. The van der Waals surface area contributed by atoms with Gasteiger partial charge in [-0.2, -0.15) is 0 Å². The predicted molar refractivity (Wildman–Crippen MR) is 99.4 cm³/mol. The molecule has 0 fully saturated rings. The summed E-state index contributed by atoms with van der Waals surface area (Å²) in [4.78, 5) is 20.5. The molecule has 0 saturated carbocycles. The minimum Gasteiger partial charge on any atom is -0.489 e. The molecule has 0 saturated heterocycles. The Morgan fingerprint density at radius 3 is 2.56 bits per heavy atom. The summed E-state index contributed by atoms with van der Waals surface area (Å²) >= 11 is 0. The Morgan fingerprint density at radius 1 is 1.16 bits per heavy atom. The number of nitrogens with zero attached hydrogens (tertiary/aromatic N) is 2. The summed E-state index contributed by atoms with van der Waals surface area (Å²) in [5.41, 5.74) is 1.24. The van der Waals surface area contributed by atoms with Gasteiger partial charge < -0.3 is 15.4 Å². The van der Waals surface area contributed by atoms with Crippen LogP contribution in [-0.4, -0.2) is 28.5 Å². The third-order valence-electron chi connectivity index (χ3n) is 3.48. The summed E-state index contributed by atoms with van der Waals surface area (Å²) < 4.78 is 5.76. The molecule has 1 heterocycles. The van der Waals surface area contributed by atoms with Gasteiger partial charge in [-0.3, -0.25) is 4.79 Å². The van der Waals surface area contributed by atoms with E-state index in [1.807, 2.05) is 38.1 Å². The predicted octanol–water partition coefficient (Wildman–Crippen LogP) is 3.93. The third kappa shape index (κ3) is 6.06. The fraction of sp³-hybridized carbons (Fsp3) is 0.421. The summed E-state index contributed by atoms with van der Waals surface area (Å²) in [5, 5.41) is 6.00. The van der Waals surface area contributed by atoms with Gasteiger partial charge in [-0.05, 0) is 32.4 Å². The first-order chi connectivity index (χ1) is 12.1. The van der Waals surface area contributed by atoms with Crippen molar-refractivity contribution >= 4 is 17.5 Å². The van der Waals surface area contributed by atoms with Crippen LogP contribution in [0.25, 0.3) is 0 Å². The monoisotopic (exact) mass is 342 g/mol. The highest BCUT2D eigenvalue weighted by Crippen LogP contribution is 2.26. The van der Waals surface area contributed by atoms with Gasteiger partial charge in [0, 0.05) is 18.9 Å². The summed E-state index contributed by atoms with van der Waals surface area (Å²) in [6.45, 7) is 6.75. The number of carbonyl (C=O) groups excluding carboxylic acids is 1. The van der Waals surface area contributed by atoms with Crippen LogP contribution in [0, 0.1) is 0 Å². The standard InChI is InChI=1S/C19H26N4O2/c1-4-5-8-11-20-18(24)15-12-21-19(22-13-15)23-16-9-6-7-10-17(16)25-14(2)3/h6-7,9-10,12-14H,4-5,8,11H2,1-3H3,(H,20,24)(H,21,22,23). The van der Waals surface area contributed by atoms with Crippen molar-refractivity contribution < 1.29 is 9.53 Å². The van der Waals surface area contributed by atoms with Crippen molar-refractivity contribution in [2.45, 2.75) is 46.1 Å². The van der Waals surface area contributed by atoms with Gasteiger partial charge in [-0.25, -0.2) is 9.97 Å². The van der Waals surface area contributed by atoms with Crippen molar-refractivity contribution in [1.82, 2.24) is 15.3 Å². The highest BCUT2D eigenvalue weighted by molar-refractivity contribution is 5.93. The van der Waals surface area contributed by atoms with Crippen LogP contribution in [0.3, 0.4) is 0 Å². The van der Waals surface area contributed by atoms with Gasteiger partial charge in [0.25, 0.3) is 5.91 Å². The Morgan fingerprint density at radius 2 is 1.88 bits per heavy atom. The molecule has 2 rings (SSSR count). The smallest absolute Gasteiger partial charge is 0.254 e. The van der Waals surface area contributed by atoms with Gasteiger partial charge in [0.15, 0.2) is 0 Å². The van der Waals surface area contributed by atoms with Gasteiger partial charge in [0.05, 0.1) is 17.4 Å². The lowest BCUT2D eigenvalue weighted by Gasteiger charge is -2.14. The first-order valence-electron chi connectivity index (χ1n) is 8.73. The Kier molecular flexibility index (Phi) is 7.19. The molecular formula is C19H26N4O2. The largest absolute Gasteiger partial charge is 0.489 e. The average Bonchev–Trinajstić information content (AvgIpc) is 2.60. The summed E-state index contributed by atoms with van der Waals surface area (Å²) in [7, 11) is 0. The van der Waals surface area contributed by atoms with Crippen LogP contribution in [0.15, 0.2) is 36.7 Å². The second kappa shape index (κ2) is 9.61. The van der Waals surface area contributed by atoms with E-state index in [0.29, 0.717) is 18.1 Å². The Labute approximate surface area is 149 Å². The molecule has 6 heteroatoms. The van der Waals surface area contributed by atoms with Crippen molar-refractivity contribution in [2.24, 2.45) is 0 Å².